The summed E-state index contributed by atoms with van der Waals surface area (Å²) in [7, 11) is 0. The number of nitrogens with two attached hydrogens (primary N) is 1. The molecule has 0 saturated heterocycles. The van der Waals surface area contributed by atoms with Crippen LogP contribution in [0.4, 0.5) is 5.69 Å². The van der Waals surface area contributed by atoms with Gasteiger partial charge >= 0.3 is 0 Å². The highest BCUT2D eigenvalue weighted by Gasteiger charge is 2.54. The number of halogens is 1. The highest BCUT2D eigenvalue weighted by atomic mass is 79.9. The first-order valence-electron chi connectivity index (χ1n) is 7.20. The van der Waals surface area contributed by atoms with Gasteiger partial charge in [-0.15, -0.1) is 0 Å². The number of amides is 1. The number of fused-ring (bicyclic) bond motifs is 1. The third-order valence-corrected chi connectivity index (χ3v) is 5.08. The van der Waals surface area contributed by atoms with Crippen LogP contribution in [0.25, 0.3) is 0 Å². The van der Waals surface area contributed by atoms with Gasteiger partial charge in [-0.1, -0.05) is 33.9 Å². The maximum absolute atomic E-state index is 12.4. The van der Waals surface area contributed by atoms with E-state index in [4.69, 9.17) is 10.9 Å². The molecule has 0 heterocycles. The van der Waals surface area contributed by atoms with E-state index >= 15 is 0 Å². The normalized spacial score (nSPS) is 27.9. The van der Waals surface area contributed by atoms with Crippen LogP contribution >= 0.6 is 15.9 Å². The second kappa shape index (κ2) is 5.67. The molecule has 6 heteroatoms. The number of carbonyl (C=O) groups is 1. The Hall–Kier alpha value is -1.56. The Morgan fingerprint density at radius 3 is 2.62 bits per heavy atom. The second-order valence-corrected chi connectivity index (χ2v) is 6.72. The fraction of sp³-hybridized carbons (Fsp3) is 0.467. The number of oxime groups is 1. The summed E-state index contributed by atoms with van der Waals surface area (Å²) in [4.78, 5) is 12.4. The second-order valence-electron chi connectivity index (χ2n) is 5.80. The van der Waals surface area contributed by atoms with Crippen LogP contribution in [0.3, 0.4) is 0 Å². The number of amidine groups is 1. The number of hydrogen-bond donors (Lipinski definition) is 3. The third kappa shape index (κ3) is 2.77. The van der Waals surface area contributed by atoms with Crippen LogP contribution in [-0.2, 0) is 4.79 Å². The Bertz CT molecular complexity index is 591. The van der Waals surface area contributed by atoms with E-state index in [9.17, 15) is 4.79 Å². The quantitative estimate of drug-likeness (QED) is 0.338. The highest BCUT2D eigenvalue weighted by molar-refractivity contribution is 9.10. The minimum absolute atomic E-state index is 0.00832. The van der Waals surface area contributed by atoms with Gasteiger partial charge < -0.3 is 16.3 Å². The standard InChI is InChI=1S/C15H18BrN3O2/c16-8-5-6-11(14(17)19-21)12(7-8)18-15(20)13-9-3-1-2-4-10(9)13/h5-7,9-10,13,21H,1-4H2,(H2,17,19)(H,18,20). The summed E-state index contributed by atoms with van der Waals surface area (Å²) in [5.41, 5.74) is 6.77. The average molecular weight is 352 g/mol. The molecule has 2 aliphatic carbocycles. The van der Waals surface area contributed by atoms with E-state index in [0.29, 0.717) is 23.1 Å². The molecule has 2 fully saturated rings. The number of nitrogens with zero attached hydrogens (tertiary/aromatic N) is 1. The Morgan fingerprint density at radius 1 is 1.33 bits per heavy atom. The monoisotopic (exact) mass is 351 g/mol. The number of anilines is 1. The molecular weight excluding hydrogens is 334 g/mol. The van der Waals surface area contributed by atoms with Crippen molar-refractivity contribution in [1.29, 1.82) is 0 Å². The zero-order valence-electron chi connectivity index (χ0n) is 11.6. The number of hydrogen-bond acceptors (Lipinski definition) is 3. The smallest absolute Gasteiger partial charge is 0.228 e. The fourth-order valence-electron chi connectivity index (χ4n) is 3.49. The van der Waals surface area contributed by atoms with Gasteiger partial charge in [0, 0.05) is 16.0 Å². The van der Waals surface area contributed by atoms with Crippen molar-refractivity contribution in [2.24, 2.45) is 28.6 Å². The highest BCUT2D eigenvalue weighted by Crippen LogP contribution is 2.55. The van der Waals surface area contributed by atoms with Crippen molar-refractivity contribution in [3.8, 4) is 0 Å². The Balaban J connectivity index is 1.78. The number of benzene rings is 1. The molecule has 0 aliphatic heterocycles. The van der Waals surface area contributed by atoms with E-state index in [0.717, 1.165) is 17.3 Å². The molecule has 1 amide bonds. The van der Waals surface area contributed by atoms with Gasteiger partial charge in [-0.25, -0.2) is 0 Å². The molecule has 4 N–H and O–H groups in total. The molecule has 3 rings (SSSR count). The van der Waals surface area contributed by atoms with E-state index in [1.54, 1.807) is 18.2 Å². The van der Waals surface area contributed by atoms with Crippen LogP contribution in [0.2, 0.25) is 0 Å². The average Bonchev–Trinajstić information content (AvgIpc) is 3.21. The first kappa shape index (κ1) is 14.4. The summed E-state index contributed by atoms with van der Waals surface area (Å²) < 4.78 is 0.834. The molecule has 2 unspecified atom stereocenters. The van der Waals surface area contributed by atoms with Crippen molar-refractivity contribution in [1.82, 2.24) is 0 Å². The van der Waals surface area contributed by atoms with Crippen LogP contribution in [0.15, 0.2) is 27.8 Å². The SMILES string of the molecule is N/C(=N/O)c1ccc(Br)cc1NC(=O)C1C2CCCCC21. The van der Waals surface area contributed by atoms with Gasteiger partial charge in [0.15, 0.2) is 5.84 Å². The maximum atomic E-state index is 12.4. The van der Waals surface area contributed by atoms with E-state index in [1.807, 2.05) is 0 Å². The lowest BCUT2D eigenvalue weighted by atomic mass is 10.0. The van der Waals surface area contributed by atoms with Crippen molar-refractivity contribution in [2.75, 3.05) is 5.32 Å². The van der Waals surface area contributed by atoms with Gasteiger partial charge in [0.05, 0.1) is 5.69 Å². The first-order chi connectivity index (χ1) is 10.1. The minimum atomic E-state index is -0.00832. The summed E-state index contributed by atoms with van der Waals surface area (Å²) in [6.45, 7) is 0. The van der Waals surface area contributed by atoms with E-state index in [2.05, 4.69) is 26.4 Å². The summed E-state index contributed by atoms with van der Waals surface area (Å²) in [5, 5.41) is 14.8. The van der Waals surface area contributed by atoms with Gasteiger partial charge in [0.25, 0.3) is 0 Å². The molecule has 2 aliphatic rings. The van der Waals surface area contributed by atoms with Crippen LogP contribution in [0.5, 0.6) is 0 Å². The molecule has 0 radical (unpaired) electrons. The summed E-state index contributed by atoms with van der Waals surface area (Å²) in [6, 6.07) is 5.28. The van der Waals surface area contributed by atoms with E-state index < -0.39 is 0 Å². The zero-order valence-corrected chi connectivity index (χ0v) is 13.1. The molecule has 112 valence electrons. The van der Waals surface area contributed by atoms with Crippen LogP contribution in [0.1, 0.15) is 31.2 Å². The van der Waals surface area contributed by atoms with Gasteiger partial charge in [-0.05, 0) is 42.9 Å². The van der Waals surface area contributed by atoms with Gasteiger partial charge in [0.2, 0.25) is 5.91 Å². The maximum Gasteiger partial charge on any atom is 0.228 e. The predicted molar refractivity (Wildman–Crippen MR) is 84.2 cm³/mol. The predicted octanol–water partition coefficient (Wildman–Crippen LogP) is 2.92. The third-order valence-electron chi connectivity index (χ3n) is 4.58. The zero-order chi connectivity index (χ0) is 15.0. The van der Waals surface area contributed by atoms with Crippen LogP contribution in [0, 0.1) is 17.8 Å². The summed E-state index contributed by atoms with van der Waals surface area (Å²) in [6.07, 6.45) is 4.79. The van der Waals surface area contributed by atoms with E-state index in [-0.39, 0.29) is 17.7 Å². The van der Waals surface area contributed by atoms with Crippen molar-refractivity contribution in [3.63, 3.8) is 0 Å². The molecule has 1 aromatic carbocycles. The van der Waals surface area contributed by atoms with Gasteiger partial charge in [-0.2, -0.15) is 0 Å². The molecular formula is C15H18BrN3O2. The Labute approximate surface area is 131 Å². The topological polar surface area (TPSA) is 87.7 Å². The lowest BCUT2D eigenvalue weighted by Gasteiger charge is -2.10. The number of nitrogens with one attached hydrogen (secondary N) is 1. The fourth-order valence-corrected chi connectivity index (χ4v) is 3.86. The summed E-state index contributed by atoms with van der Waals surface area (Å²) >= 11 is 3.38. The number of rotatable bonds is 3. The van der Waals surface area contributed by atoms with Crippen molar-refractivity contribution in [2.45, 2.75) is 25.7 Å². The van der Waals surface area contributed by atoms with Crippen LogP contribution in [-0.4, -0.2) is 17.0 Å². The number of carbonyl (C=O) groups excluding carboxylic acids is 1. The molecule has 1 aromatic rings. The molecule has 21 heavy (non-hydrogen) atoms. The molecule has 0 aromatic heterocycles. The van der Waals surface area contributed by atoms with Crippen molar-refractivity contribution in [3.05, 3.63) is 28.2 Å². The van der Waals surface area contributed by atoms with Gasteiger partial charge in [0.1, 0.15) is 0 Å². The molecule has 2 saturated carbocycles. The Kier molecular flexibility index (Phi) is 3.89. The van der Waals surface area contributed by atoms with Crippen molar-refractivity contribution >= 4 is 33.4 Å². The molecule has 2 atom stereocenters. The molecule has 0 spiro atoms. The van der Waals surface area contributed by atoms with Gasteiger partial charge in [-0.3, -0.25) is 4.79 Å². The molecule has 0 bridgehead atoms. The first-order valence-corrected chi connectivity index (χ1v) is 7.99. The lowest BCUT2D eigenvalue weighted by Crippen LogP contribution is -2.20. The molecule has 5 nitrogen and oxygen atoms in total. The minimum Gasteiger partial charge on any atom is -0.409 e. The van der Waals surface area contributed by atoms with Crippen LogP contribution < -0.4 is 11.1 Å². The largest absolute Gasteiger partial charge is 0.409 e. The van der Waals surface area contributed by atoms with Crippen molar-refractivity contribution < 1.29 is 10.0 Å². The lowest BCUT2D eigenvalue weighted by molar-refractivity contribution is -0.117. The summed E-state index contributed by atoms with van der Waals surface area (Å²) in [5.74, 6) is 1.28. The Morgan fingerprint density at radius 2 is 2.00 bits per heavy atom. The van der Waals surface area contributed by atoms with E-state index in [1.165, 1.54) is 12.8 Å².